The van der Waals surface area contributed by atoms with Crippen LogP contribution in [0.15, 0.2) is 121 Å². The van der Waals surface area contributed by atoms with Gasteiger partial charge in [0.2, 0.25) is 0 Å². The molecular formula is C62H66N2. The maximum atomic E-state index is 2.55. The third-order valence-corrected chi connectivity index (χ3v) is 14.6. The van der Waals surface area contributed by atoms with Crippen LogP contribution in [-0.4, -0.2) is 0 Å². The van der Waals surface area contributed by atoms with Gasteiger partial charge < -0.3 is 9.80 Å². The zero-order chi connectivity index (χ0) is 44.2. The molecule has 2 aliphatic carbocycles. The number of rotatable bonds is 8. The number of nitrogens with zero attached hydrogens (tertiary/aromatic N) is 2. The first kappa shape index (κ1) is 42.1. The van der Waals surface area contributed by atoms with Crippen LogP contribution in [0, 0.1) is 55.4 Å². The van der Waals surface area contributed by atoms with Gasteiger partial charge in [-0.1, -0.05) is 99.2 Å². The summed E-state index contributed by atoms with van der Waals surface area (Å²) in [6, 6.07) is 48.2. The molecule has 2 heteroatoms. The Morgan fingerprint density at radius 3 is 0.844 bits per heavy atom. The van der Waals surface area contributed by atoms with Gasteiger partial charge in [0.15, 0.2) is 0 Å². The Bertz CT molecular complexity index is 2670. The molecule has 0 spiro atoms. The van der Waals surface area contributed by atoms with Crippen LogP contribution in [0.2, 0.25) is 0 Å². The van der Waals surface area contributed by atoms with Gasteiger partial charge in [-0.15, -0.1) is 0 Å². The molecule has 64 heavy (non-hydrogen) atoms. The molecule has 0 amide bonds. The first-order valence-corrected chi connectivity index (χ1v) is 24.4. The lowest BCUT2D eigenvalue weighted by atomic mass is 9.78. The van der Waals surface area contributed by atoms with E-state index in [-0.39, 0.29) is 0 Å². The van der Waals surface area contributed by atoms with Crippen LogP contribution >= 0.6 is 0 Å². The second kappa shape index (κ2) is 17.3. The van der Waals surface area contributed by atoms with Crippen molar-refractivity contribution >= 4 is 66.4 Å². The minimum atomic E-state index is 0.552. The minimum absolute atomic E-state index is 0.552. The molecule has 2 aliphatic rings. The molecule has 0 saturated heterocycles. The largest absolute Gasteiger partial charge is 0.310 e. The van der Waals surface area contributed by atoms with Crippen molar-refractivity contribution in [2.24, 2.45) is 0 Å². The van der Waals surface area contributed by atoms with Crippen LogP contribution in [0.1, 0.15) is 132 Å². The van der Waals surface area contributed by atoms with Crippen LogP contribution in [-0.2, 0) is 0 Å². The van der Waals surface area contributed by atoms with Crippen molar-refractivity contribution in [1.82, 2.24) is 0 Å². The minimum Gasteiger partial charge on any atom is -0.310 e. The average molecular weight is 839 g/mol. The molecule has 2 saturated carbocycles. The zero-order valence-electron chi connectivity index (χ0n) is 39.7. The van der Waals surface area contributed by atoms with Gasteiger partial charge in [-0.2, -0.15) is 0 Å². The summed E-state index contributed by atoms with van der Waals surface area (Å²) in [6.45, 7) is 17.9. The van der Waals surface area contributed by atoms with Crippen molar-refractivity contribution in [2.75, 3.05) is 9.80 Å². The van der Waals surface area contributed by atoms with E-state index in [0.717, 1.165) is 0 Å². The molecular weight excluding hydrogens is 773 g/mol. The van der Waals surface area contributed by atoms with E-state index in [1.165, 1.54) is 186 Å². The van der Waals surface area contributed by atoms with Crippen LogP contribution < -0.4 is 9.80 Å². The number of hydrogen-bond donors (Lipinski definition) is 0. The average Bonchev–Trinajstić information content (AvgIpc) is 3.25. The smallest absolute Gasteiger partial charge is 0.0540 e. The van der Waals surface area contributed by atoms with Gasteiger partial charge in [0.05, 0.1) is 11.4 Å². The van der Waals surface area contributed by atoms with E-state index in [2.05, 4.69) is 187 Å². The molecule has 0 unspecified atom stereocenters. The van der Waals surface area contributed by atoms with Crippen molar-refractivity contribution in [3.63, 3.8) is 0 Å². The number of aryl methyl sites for hydroxylation is 8. The lowest BCUT2D eigenvalue weighted by Gasteiger charge is -2.32. The normalized spacial score (nSPS) is 15.1. The van der Waals surface area contributed by atoms with E-state index in [4.69, 9.17) is 0 Å². The highest BCUT2D eigenvalue weighted by Gasteiger charge is 2.27. The molecule has 8 aromatic rings. The highest BCUT2D eigenvalue weighted by atomic mass is 15.1. The molecule has 0 aromatic heterocycles. The van der Waals surface area contributed by atoms with Gasteiger partial charge >= 0.3 is 0 Å². The van der Waals surface area contributed by atoms with Gasteiger partial charge in [-0.05, 0) is 231 Å². The van der Waals surface area contributed by atoms with Crippen LogP contribution in [0.3, 0.4) is 0 Å². The van der Waals surface area contributed by atoms with E-state index in [1.807, 2.05) is 0 Å². The van der Waals surface area contributed by atoms with Gasteiger partial charge in [-0.3, -0.25) is 0 Å². The molecule has 0 aliphatic heterocycles. The SMILES string of the molecule is Cc1cc(C)cc(N(c2cc(C)cc(C)c2)c2ccc(C3CCCCC3)c3c2ccc2c3ccc3c(N(c4cc(C)cc(C)c4)c4cc(C)cc(C)c4)ccc(C4CCCCC4)c32)c1. The van der Waals surface area contributed by atoms with Gasteiger partial charge in [0, 0.05) is 33.5 Å². The molecule has 0 bridgehead atoms. The second-order valence-corrected chi connectivity index (χ2v) is 20.1. The van der Waals surface area contributed by atoms with Gasteiger partial charge in [-0.25, -0.2) is 0 Å². The summed E-state index contributed by atoms with van der Waals surface area (Å²) >= 11 is 0. The Morgan fingerprint density at radius 1 is 0.297 bits per heavy atom. The van der Waals surface area contributed by atoms with Crippen LogP contribution in [0.25, 0.3) is 32.3 Å². The highest BCUT2D eigenvalue weighted by molar-refractivity contribution is 6.23. The van der Waals surface area contributed by atoms with Gasteiger partial charge in [0.25, 0.3) is 0 Å². The van der Waals surface area contributed by atoms with Crippen molar-refractivity contribution in [3.8, 4) is 0 Å². The molecule has 0 N–H and O–H groups in total. The number of anilines is 6. The molecule has 0 atom stereocenters. The van der Waals surface area contributed by atoms with Crippen LogP contribution in [0.5, 0.6) is 0 Å². The molecule has 0 heterocycles. The van der Waals surface area contributed by atoms with E-state index in [0.29, 0.717) is 11.8 Å². The van der Waals surface area contributed by atoms with E-state index in [9.17, 15) is 0 Å². The summed E-state index contributed by atoms with van der Waals surface area (Å²) in [5.41, 5.74) is 20.7. The van der Waals surface area contributed by atoms with Crippen molar-refractivity contribution in [1.29, 1.82) is 0 Å². The fourth-order valence-electron chi connectivity index (χ4n) is 12.2. The number of benzene rings is 8. The molecule has 10 rings (SSSR count). The molecule has 324 valence electrons. The monoisotopic (exact) mass is 839 g/mol. The molecule has 2 nitrogen and oxygen atoms in total. The van der Waals surface area contributed by atoms with Crippen molar-refractivity contribution in [2.45, 2.75) is 131 Å². The first-order valence-electron chi connectivity index (χ1n) is 24.4. The number of hydrogen-bond acceptors (Lipinski definition) is 2. The van der Waals surface area contributed by atoms with Crippen molar-refractivity contribution < 1.29 is 0 Å². The lowest BCUT2D eigenvalue weighted by molar-refractivity contribution is 0.445. The van der Waals surface area contributed by atoms with Crippen molar-refractivity contribution in [3.05, 3.63) is 177 Å². The summed E-state index contributed by atoms with van der Waals surface area (Å²) in [5, 5.41) is 8.37. The van der Waals surface area contributed by atoms with E-state index < -0.39 is 0 Å². The summed E-state index contributed by atoms with van der Waals surface area (Å²) in [6.07, 6.45) is 12.9. The highest BCUT2D eigenvalue weighted by Crippen LogP contribution is 2.50. The first-order chi connectivity index (χ1) is 31.0. The summed E-state index contributed by atoms with van der Waals surface area (Å²) in [5.74, 6) is 1.10. The topological polar surface area (TPSA) is 6.48 Å². The molecule has 2 fully saturated rings. The number of fused-ring (bicyclic) bond motifs is 5. The van der Waals surface area contributed by atoms with Crippen LogP contribution in [0.4, 0.5) is 34.1 Å². The quantitative estimate of drug-likeness (QED) is 0.141. The Hall–Kier alpha value is -5.86. The predicted octanol–water partition coefficient (Wildman–Crippen LogP) is 18.6. The molecule has 0 radical (unpaired) electrons. The predicted molar refractivity (Wildman–Crippen MR) is 278 cm³/mol. The summed E-state index contributed by atoms with van der Waals surface area (Å²) < 4.78 is 0. The second-order valence-electron chi connectivity index (χ2n) is 20.1. The van der Waals surface area contributed by atoms with E-state index >= 15 is 0 Å². The Kier molecular flexibility index (Phi) is 11.4. The fourth-order valence-corrected chi connectivity index (χ4v) is 12.2. The zero-order valence-corrected chi connectivity index (χ0v) is 39.7. The standard InChI is InChI=1S/C62H66N2/c1-39-27-40(2)32-49(31-39)63(50-33-41(3)28-42(4)34-50)59-25-23-53(47-15-11-9-12-16-47)61-55-20-22-58-60(26-24-54(48-17-13-10-14-18-48)62(58)56(55)19-21-57(59)61)64(51-35-43(5)29-44(6)36-51)52-37-45(7)30-46(8)38-52/h19-38,47-48H,9-18H2,1-8H3. The van der Waals surface area contributed by atoms with Gasteiger partial charge in [0.1, 0.15) is 0 Å². The third kappa shape index (κ3) is 7.99. The summed E-state index contributed by atoms with van der Waals surface area (Å²) in [7, 11) is 0. The fraction of sp³-hybridized carbons (Fsp3) is 0.323. The maximum Gasteiger partial charge on any atom is 0.0540 e. The Morgan fingerprint density at radius 2 is 0.562 bits per heavy atom. The summed E-state index contributed by atoms with van der Waals surface area (Å²) in [4.78, 5) is 5.11. The maximum absolute atomic E-state index is 2.55. The molecule has 8 aromatic carbocycles. The van der Waals surface area contributed by atoms with E-state index in [1.54, 1.807) is 0 Å². The lowest BCUT2D eigenvalue weighted by Crippen LogP contribution is -2.13. The Balaban J connectivity index is 1.30. The third-order valence-electron chi connectivity index (χ3n) is 14.6. The Labute approximate surface area is 383 Å².